The molecule has 1 aromatic heterocycles. The number of nitrogens with zero attached hydrogens (tertiary/aromatic N) is 2. The average Bonchev–Trinajstić information content (AvgIpc) is 3.12. The SMILES string of the molecule is CCOC(=O)C1SC(c2csc(-c3ccccc3)n2)=NC1(C)O. The molecule has 0 radical (unpaired) electrons. The lowest BCUT2D eigenvalue weighted by Gasteiger charge is -2.19. The van der Waals surface area contributed by atoms with Crippen LogP contribution in [0.4, 0.5) is 0 Å². The molecule has 7 heteroatoms. The Morgan fingerprint density at radius 2 is 2.13 bits per heavy atom. The average molecular weight is 348 g/mol. The van der Waals surface area contributed by atoms with Gasteiger partial charge in [0, 0.05) is 10.9 Å². The van der Waals surface area contributed by atoms with Crippen LogP contribution in [0.15, 0.2) is 40.7 Å². The molecule has 0 amide bonds. The molecule has 0 saturated heterocycles. The number of thioether (sulfide) groups is 1. The first kappa shape index (κ1) is 16.2. The number of rotatable bonds is 4. The first-order valence-electron chi connectivity index (χ1n) is 7.18. The molecule has 2 atom stereocenters. The van der Waals surface area contributed by atoms with Gasteiger partial charge in [0.15, 0.2) is 11.0 Å². The van der Waals surface area contributed by atoms with Gasteiger partial charge in [-0.25, -0.2) is 9.98 Å². The Kier molecular flexibility index (Phi) is 4.52. The Balaban J connectivity index is 1.84. The van der Waals surface area contributed by atoms with E-state index in [0.717, 1.165) is 10.6 Å². The van der Waals surface area contributed by atoms with Gasteiger partial charge in [-0.15, -0.1) is 11.3 Å². The summed E-state index contributed by atoms with van der Waals surface area (Å²) in [6, 6.07) is 9.85. The third-order valence-corrected chi connectivity index (χ3v) is 5.59. The predicted molar refractivity (Wildman–Crippen MR) is 92.7 cm³/mol. The highest BCUT2D eigenvalue weighted by Crippen LogP contribution is 2.38. The summed E-state index contributed by atoms with van der Waals surface area (Å²) in [7, 11) is 0. The summed E-state index contributed by atoms with van der Waals surface area (Å²) in [6.07, 6.45) is 0. The topological polar surface area (TPSA) is 71.8 Å². The van der Waals surface area contributed by atoms with Crippen LogP contribution in [-0.4, -0.2) is 38.7 Å². The fourth-order valence-electron chi connectivity index (χ4n) is 2.21. The standard InChI is InChI=1S/C16H16N2O3S2/c1-3-21-15(19)12-16(2,20)18-14(23-12)11-9-22-13(17-11)10-7-5-4-6-8-10/h4-9,12,20H,3H2,1-2H3. The molecule has 2 unspecified atom stereocenters. The molecule has 1 aromatic carbocycles. The van der Waals surface area contributed by atoms with Crippen LogP contribution >= 0.6 is 23.1 Å². The summed E-state index contributed by atoms with van der Waals surface area (Å²) in [4.78, 5) is 20.8. The second kappa shape index (κ2) is 6.43. The van der Waals surface area contributed by atoms with Crippen molar-refractivity contribution in [1.29, 1.82) is 0 Å². The van der Waals surface area contributed by atoms with Gasteiger partial charge in [-0.1, -0.05) is 42.1 Å². The van der Waals surface area contributed by atoms with Crippen LogP contribution in [0.25, 0.3) is 10.6 Å². The Hall–Kier alpha value is -1.70. The Morgan fingerprint density at radius 1 is 1.39 bits per heavy atom. The number of aliphatic hydroxyl groups is 1. The highest BCUT2D eigenvalue weighted by Gasteiger charge is 2.46. The van der Waals surface area contributed by atoms with Gasteiger partial charge in [-0.2, -0.15) is 0 Å². The second-order valence-electron chi connectivity index (χ2n) is 5.16. The smallest absolute Gasteiger partial charge is 0.324 e. The van der Waals surface area contributed by atoms with Crippen LogP contribution < -0.4 is 0 Å². The van der Waals surface area contributed by atoms with Crippen molar-refractivity contribution in [2.75, 3.05) is 6.61 Å². The number of hydrogen-bond acceptors (Lipinski definition) is 7. The number of thiazole rings is 1. The Morgan fingerprint density at radius 3 is 2.83 bits per heavy atom. The van der Waals surface area contributed by atoms with Crippen molar-refractivity contribution >= 4 is 34.1 Å². The summed E-state index contributed by atoms with van der Waals surface area (Å²) < 4.78 is 5.01. The zero-order chi connectivity index (χ0) is 16.4. The molecule has 5 nitrogen and oxygen atoms in total. The molecule has 3 rings (SSSR count). The van der Waals surface area contributed by atoms with Crippen LogP contribution in [0.3, 0.4) is 0 Å². The fraction of sp³-hybridized carbons (Fsp3) is 0.312. The normalized spacial score (nSPS) is 23.6. The number of esters is 1. The summed E-state index contributed by atoms with van der Waals surface area (Å²) >= 11 is 2.70. The molecule has 0 saturated carbocycles. The van der Waals surface area contributed by atoms with E-state index in [1.54, 1.807) is 6.92 Å². The highest BCUT2D eigenvalue weighted by molar-refractivity contribution is 8.15. The van der Waals surface area contributed by atoms with Crippen molar-refractivity contribution in [3.63, 3.8) is 0 Å². The van der Waals surface area contributed by atoms with Crippen molar-refractivity contribution in [3.05, 3.63) is 41.4 Å². The van der Waals surface area contributed by atoms with E-state index in [1.807, 2.05) is 35.7 Å². The molecule has 0 aliphatic carbocycles. The molecule has 1 aliphatic heterocycles. The van der Waals surface area contributed by atoms with Gasteiger partial charge in [0.2, 0.25) is 0 Å². The highest BCUT2D eigenvalue weighted by atomic mass is 32.2. The van der Waals surface area contributed by atoms with Gasteiger partial charge in [0.25, 0.3) is 0 Å². The zero-order valence-electron chi connectivity index (χ0n) is 12.7. The molecule has 2 aromatic rings. The number of carbonyl (C=O) groups is 1. The molecule has 120 valence electrons. The number of aromatic nitrogens is 1. The van der Waals surface area contributed by atoms with Gasteiger partial charge in [0.1, 0.15) is 15.7 Å². The van der Waals surface area contributed by atoms with Crippen LogP contribution in [0, 0.1) is 0 Å². The van der Waals surface area contributed by atoms with Crippen molar-refractivity contribution < 1.29 is 14.6 Å². The van der Waals surface area contributed by atoms with Crippen molar-refractivity contribution in [1.82, 2.24) is 4.98 Å². The summed E-state index contributed by atoms with van der Waals surface area (Å²) in [5, 5.41) is 12.9. The number of carbonyl (C=O) groups excluding carboxylic acids is 1. The lowest BCUT2D eigenvalue weighted by molar-refractivity contribution is -0.146. The van der Waals surface area contributed by atoms with E-state index < -0.39 is 16.9 Å². The third kappa shape index (κ3) is 3.31. The molecule has 0 bridgehead atoms. The summed E-state index contributed by atoms with van der Waals surface area (Å²) in [5.41, 5.74) is 0.218. The van der Waals surface area contributed by atoms with E-state index in [4.69, 9.17) is 4.74 Å². The van der Waals surface area contributed by atoms with Crippen LogP contribution in [0.5, 0.6) is 0 Å². The monoisotopic (exact) mass is 348 g/mol. The molecule has 0 spiro atoms. The molecular weight excluding hydrogens is 332 g/mol. The molecule has 2 heterocycles. The maximum absolute atomic E-state index is 12.0. The molecule has 1 N–H and O–H groups in total. The Labute approximate surface area is 142 Å². The van der Waals surface area contributed by atoms with Crippen molar-refractivity contribution in [2.24, 2.45) is 4.99 Å². The molecule has 1 aliphatic rings. The number of ether oxygens (including phenoxy) is 1. The van der Waals surface area contributed by atoms with Gasteiger partial charge in [-0.3, -0.25) is 4.79 Å². The molecule has 23 heavy (non-hydrogen) atoms. The van der Waals surface area contributed by atoms with Crippen LogP contribution in [0.2, 0.25) is 0 Å². The predicted octanol–water partition coefficient (Wildman–Crippen LogP) is 2.94. The maximum Gasteiger partial charge on any atom is 0.324 e. The quantitative estimate of drug-likeness (QED) is 0.860. The second-order valence-corrected chi connectivity index (χ2v) is 7.12. The minimum Gasteiger partial charge on any atom is -0.465 e. The van der Waals surface area contributed by atoms with Crippen LogP contribution in [-0.2, 0) is 9.53 Å². The zero-order valence-corrected chi connectivity index (χ0v) is 14.4. The van der Waals surface area contributed by atoms with Gasteiger partial charge in [0.05, 0.1) is 6.61 Å². The number of benzene rings is 1. The van der Waals surface area contributed by atoms with Gasteiger partial charge >= 0.3 is 5.97 Å². The summed E-state index contributed by atoms with van der Waals surface area (Å²) in [5.74, 6) is -0.459. The largest absolute Gasteiger partial charge is 0.465 e. The summed E-state index contributed by atoms with van der Waals surface area (Å²) in [6.45, 7) is 3.52. The lowest BCUT2D eigenvalue weighted by Crippen LogP contribution is -2.38. The fourth-order valence-corrected chi connectivity index (χ4v) is 4.22. The first-order valence-corrected chi connectivity index (χ1v) is 8.94. The van der Waals surface area contributed by atoms with E-state index >= 15 is 0 Å². The molecular formula is C16H16N2O3S2. The van der Waals surface area contributed by atoms with Gasteiger partial charge in [-0.05, 0) is 13.8 Å². The van der Waals surface area contributed by atoms with E-state index in [1.165, 1.54) is 30.0 Å². The van der Waals surface area contributed by atoms with E-state index in [-0.39, 0.29) is 6.61 Å². The number of aliphatic imine (C=N–C) groups is 1. The van der Waals surface area contributed by atoms with E-state index in [9.17, 15) is 9.90 Å². The number of hydrogen-bond donors (Lipinski definition) is 1. The van der Waals surface area contributed by atoms with E-state index in [0.29, 0.717) is 10.7 Å². The maximum atomic E-state index is 12.0. The Bertz CT molecular complexity index is 741. The minimum absolute atomic E-state index is 0.274. The van der Waals surface area contributed by atoms with Crippen LogP contribution in [0.1, 0.15) is 19.5 Å². The molecule has 0 fully saturated rings. The first-order chi connectivity index (χ1) is 11.0. The lowest BCUT2D eigenvalue weighted by atomic mass is 10.2. The van der Waals surface area contributed by atoms with Gasteiger partial charge < -0.3 is 9.84 Å². The van der Waals surface area contributed by atoms with Crippen molar-refractivity contribution in [3.8, 4) is 10.6 Å². The van der Waals surface area contributed by atoms with E-state index in [2.05, 4.69) is 9.98 Å². The van der Waals surface area contributed by atoms with Crippen molar-refractivity contribution in [2.45, 2.75) is 24.8 Å². The minimum atomic E-state index is -1.48. The third-order valence-electron chi connectivity index (χ3n) is 3.30.